The fraction of sp³-hybridized carbons (Fsp3) is 0. The third-order valence-corrected chi connectivity index (χ3v) is 0.395. The molecule has 0 aliphatic rings. The first-order valence-corrected chi connectivity index (χ1v) is 1.57. The molecule has 0 saturated carbocycles. The molecule has 7 heavy (non-hydrogen) atoms. The van der Waals surface area contributed by atoms with Crippen LogP contribution in [0.2, 0.25) is 0 Å². The van der Waals surface area contributed by atoms with Crippen molar-refractivity contribution in [2.24, 2.45) is 0 Å². The van der Waals surface area contributed by atoms with Crippen molar-refractivity contribution in [3.8, 4) is 0 Å². The molecule has 0 aliphatic carbocycles. The minimum atomic E-state index is -0.628. The van der Waals surface area contributed by atoms with Crippen molar-refractivity contribution < 1.29 is 40.1 Å². The summed E-state index contributed by atoms with van der Waals surface area (Å²) in [5.74, 6) is -0.628. The zero-order valence-electron chi connectivity index (χ0n) is 4.98. The molecule has 36 valence electrons. The van der Waals surface area contributed by atoms with Crippen LogP contribution in [0.15, 0.2) is 12.7 Å². The molecule has 0 aromatic heterocycles. The second kappa shape index (κ2) is 6.50. The van der Waals surface area contributed by atoms with Crippen molar-refractivity contribution in [1.29, 1.82) is 0 Å². The van der Waals surface area contributed by atoms with Gasteiger partial charge in [-0.3, -0.25) is 0 Å². The van der Waals surface area contributed by atoms with Crippen LogP contribution in [0.3, 0.4) is 0 Å². The van der Waals surface area contributed by atoms with E-state index in [1.807, 2.05) is 0 Å². The summed E-state index contributed by atoms with van der Waals surface area (Å²) in [6, 6.07) is 0. The van der Waals surface area contributed by atoms with Crippen molar-refractivity contribution in [3.63, 3.8) is 0 Å². The van der Waals surface area contributed by atoms with Crippen molar-refractivity contribution in [2.75, 3.05) is 0 Å². The van der Waals surface area contributed by atoms with Gasteiger partial charge < -0.3 is 5.72 Å². The van der Waals surface area contributed by atoms with Gasteiger partial charge in [0.1, 0.15) is 11.9 Å². The van der Waals surface area contributed by atoms with Gasteiger partial charge in [-0.1, -0.05) is 6.58 Å². The van der Waals surface area contributed by atoms with E-state index in [1.165, 1.54) is 0 Å². The fourth-order valence-corrected chi connectivity index (χ4v) is 0.0945. The second-order valence-corrected chi connectivity index (χ2v) is 0.755. The van der Waals surface area contributed by atoms with E-state index in [0.717, 1.165) is 6.08 Å². The number of rotatable bonds is 1. The fourth-order valence-electron chi connectivity index (χ4n) is 0.0315. The Morgan fingerprint density at radius 2 is 2.43 bits per heavy atom. The first kappa shape index (κ1) is 10.5. The Kier molecular flexibility index (Phi) is 9.73. The van der Waals surface area contributed by atoms with Crippen LogP contribution in [0.1, 0.15) is 1.43 Å². The maximum Gasteiger partial charge on any atom is 1.00 e. The molecule has 0 heterocycles. The molecular weight excluding hydrogens is 126 g/mol. The summed E-state index contributed by atoms with van der Waals surface area (Å²) in [5.41, 5.74) is 0. The molecule has 0 N–H and O–H groups in total. The molecule has 2 nitrogen and oxygen atoms in total. The molecular formula is C3H4ClNaO2. The van der Waals surface area contributed by atoms with E-state index in [0.29, 0.717) is 0 Å². The Hall–Kier alpha value is 0.500. The average Bonchev–Trinajstić information content (AvgIpc) is 1.65. The molecule has 0 aromatic rings. The van der Waals surface area contributed by atoms with E-state index in [-0.39, 0.29) is 31.0 Å². The van der Waals surface area contributed by atoms with E-state index >= 15 is 0 Å². The van der Waals surface area contributed by atoms with Gasteiger partial charge in [-0.2, -0.15) is 0 Å². The third kappa shape index (κ3) is 6.50. The first-order valence-electron chi connectivity index (χ1n) is 1.26. The smallest absolute Gasteiger partial charge is 1.00 e. The monoisotopic (exact) mass is 130 g/mol. The Labute approximate surface area is 70.4 Å². The van der Waals surface area contributed by atoms with E-state index in [9.17, 15) is 4.79 Å². The number of carbonyl (C=O) groups is 1. The third-order valence-electron chi connectivity index (χ3n) is 0.243. The van der Waals surface area contributed by atoms with Crippen LogP contribution < -0.4 is 29.6 Å². The Morgan fingerprint density at radius 1 is 2.00 bits per heavy atom. The summed E-state index contributed by atoms with van der Waals surface area (Å²) in [6.07, 6.45) is 0.979. The van der Waals surface area contributed by atoms with Crippen LogP contribution in [0, 0.1) is 0 Å². The van der Waals surface area contributed by atoms with Gasteiger partial charge in [0.2, 0.25) is 0 Å². The molecule has 0 rings (SSSR count). The summed E-state index contributed by atoms with van der Waals surface area (Å²) in [6.45, 7) is 3.07. The molecule has 0 fully saturated rings. The number of halogens is 1. The van der Waals surface area contributed by atoms with Gasteiger partial charge >= 0.3 is 35.5 Å². The van der Waals surface area contributed by atoms with Gasteiger partial charge in [-0.05, 0) is 0 Å². The predicted molar refractivity (Wildman–Crippen MR) is 23.3 cm³/mol. The average molecular weight is 131 g/mol. The standard InChI is InChI=1S/C3H3ClO2.Na.H/c1-2-3(5)6-4;;/h2H,1H2;;/q;+1;-1. The molecule has 0 amide bonds. The molecule has 0 spiro atoms. The minimum Gasteiger partial charge on any atom is -1.00 e. The van der Waals surface area contributed by atoms with Gasteiger partial charge in [-0.25, -0.2) is 4.79 Å². The van der Waals surface area contributed by atoms with Crippen LogP contribution in [0.5, 0.6) is 0 Å². The van der Waals surface area contributed by atoms with Gasteiger partial charge in [0.15, 0.2) is 0 Å². The largest absolute Gasteiger partial charge is 1.00 e. The molecule has 0 radical (unpaired) electrons. The topological polar surface area (TPSA) is 26.3 Å². The second-order valence-electron chi connectivity index (χ2n) is 0.600. The number of hydrogen-bond acceptors (Lipinski definition) is 2. The van der Waals surface area contributed by atoms with E-state index in [1.54, 1.807) is 0 Å². The summed E-state index contributed by atoms with van der Waals surface area (Å²) < 4.78 is 3.61. The molecule has 0 aromatic carbocycles. The summed E-state index contributed by atoms with van der Waals surface area (Å²) in [4.78, 5) is 9.71. The van der Waals surface area contributed by atoms with Gasteiger partial charge in [-0.15, -0.1) is 0 Å². The quantitative estimate of drug-likeness (QED) is 0.303. The van der Waals surface area contributed by atoms with Crippen LogP contribution >= 0.6 is 11.9 Å². The van der Waals surface area contributed by atoms with Crippen LogP contribution in [0.4, 0.5) is 0 Å². The predicted octanol–water partition coefficient (Wildman–Crippen LogP) is -2.01. The van der Waals surface area contributed by atoms with Gasteiger partial charge in [0.25, 0.3) is 0 Å². The van der Waals surface area contributed by atoms with E-state index in [2.05, 4.69) is 22.7 Å². The Morgan fingerprint density at radius 3 is 2.43 bits per heavy atom. The number of carbonyl (C=O) groups excluding carboxylic acids is 1. The molecule has 4 heteroatoms. The Balaban J connectivity index is -0.000000125. The summed E-state index contributed by atoms with van der Waals surface area (Å²) in [7, 11) is 0. The van der Waals surface area contributed by atoms with Crippen molar-refractivity contribution in [1.82, 2.24) is 0 Å². The SMILES string of the molecule is C=CC(=O)OCl.[H-].[Na+]. The van der Waals surface area contributed by atoms with Gasteiger partial charge in [0.05, 0.1) is 0 Å². The molecule has 0 aliphatic heterocycles. The summed E-state index contributed by atoms with van der Waals surface area (Å²) >= 11 is 4.53. The van der Waals surface area contributed by atoms with Crippen molar-refractivity contribution in [3.05, 3.63) is 12.7 Å². The zero-order chi connectivity index (χ0) is 4.99. The zero-order valence-corrected chi connectivity index (χ0v) is 6.73. The van der Waals surface area contributed by atoms with Gasteiger partial charge in [0, 0.05) is 6.08 Å². The molecule has 0 unspecified atom stereocenters. The number of hydrogen-bond donors (Lipinski definition) is 0. The van der Waals surface area contributed by atoms with Crippen LogP contribution in [-0.2, 0) is 9.08 Å². The molecule has 0 saturated heterocycles. The maximum absolute atomic E-state index is 9.71. The maximum atomic E-state index is 9.71. The summed E-state index contributed by atoms with van der Waals surface area (Å²) in [5, 5.41) is 0. The van der Waals surface area contributed by atoms with Crippen LogP contribution in [-0.4, -0.2) is 5.97 Å². The molecule has 0 atom stereocenters. The van der Waals surface area contributed by atoms with Crippen molar-refractivity contribution >= 4 is 17.8 Å². The van der Waals surface area contributed by atoms with E-state index in [4.69, 9.17) is 0 Å². The Bertz CT molecular complexity index is 77.7. The van der Waals surface area contributed by atoms with E-state index < -0.39 is 5.97 Å². The van der Waals surface area contributed by atoms with Crippen molar-refractivity contribution in [2.45, 2.75) is 0 Å². The minimum absolute atomic E-state index is 0. The first-order chi connectivity index (χ1) is 2.81. The van der Waals surface area contributed by atoms with Crippen LogP contribution in [0.25, 0.3) is 0 Å². The molecule has 0 bridgehead atoms. The normalized spacial score (nSPS) is 5.86.